The molecule has 94 valence electrons. The minimum absolute atomic E-state index is 0.0195. The SMILES string of the molecule is CC(C)(C)c1ccc2cccc3c2c1[C@](C)(O)O3. The van der Waals surface area contributed by atoms with Crippen molar-refractivity contribution in [2.45, 2.75) is 38.9 Å². The van der Waals surface area contributed by atoms with Crippen LogP contribution in [0.5, 0.6) is 5.75 Å². The molecule has 2 aromatic carbocycles. The summed E-state index contributed by atoms with van der Waals surface area (Å²) in [5, 5.41) is 12.7. The molecular weight excluding hydrogens is 224 g/mol. The fourth-order valence-corrected chi connectivity index (χ4v) is 2.80. The van der Waals surface area contributed by atoms with Crippen molar-refractivity contribution in [2.75, 3.05) is 0 Å². The molecule has 0 unspecified atom stereocenters. The summed E-state index contributed by atoms with van der Waals surface area (Å²) in [6.45, 7) is 8.18. The number of ether oxygens (including phenoxy) is 1. The second-order valence-electron chi connectivity index (χ2n) is 6.18. The van der Waals surface area contributed by atoms with Crippen LogP contribution in [-0.4, -0.2) is 5.11 Å². The van der Waals surface area contributed by atoms with E-state index in [1.54, 1.807) is 6.92 Å². The van der Waals surface area contributed by atoms with E-state index in [1.807, 2.05) is 12.1 Å². The Morgan fingerprint density at radius 1 is 1.11 bits per heavy atom. The lowest BCUT2D eigenvalue weighted by atomic mass is 9.80. The molecule has 0 fully saturated rings. The maximum Gasteiger partial charge on any atom is 0.233 e. The number of benzene rings is 2. The van der Waals surface area contributed by atoms with Gasteiger partial charge < -0.3 is 9.84 Å². The molecule has 0 amide bonds. The topological polar surface area (TPSA) is 29.5 Å². The van der Waals surface area contributed by atoms with Gasteiger partial charge in [0, 0.05) is 17.9 Å². The fourth-order valence-electron chi connectivity index (χ4n) is 2.80. The molecule has 2 nitrogen and oxygen atoms in total. The molecule has 1 heterocycles. The standard InChI is InChI=1S/C16H18O2/c1-15(2,3)11-9-8-10-6-5-7-12-13(10)14(11)16(4,17)18-12/h5-9,17H,1-4H3/t16-/m1/s1. The van der Waals surface area contributed by atoms with Gasteiger partial charge in [-0.2, -0.15) is 0 Å². The third-order valence-electron chi connectivity index (χ3n) is 3.59. The molecule has 0 saturated heterocycles. The quantitative estimate of drug-likeness (QED) is 0.763. The molecule has 18 heavy (non-hydrogen) atoms. The maximum atomic E-state index is 10.6. The number of hydrogen-bond acceptors (Lipinski definition) is 2. The normalized spacial score (nSPS) is 22.3. The van der Waals surface area contributed by atoms with E-state index in [0.717, 1.165) is 27.6 Å². The van der Waals surface area contributed by atoms with Crippen LogP contribution in [0.2, 0.25) is 0 Å². The number of rotatable bonds is 0. The fraction of sp³-hybridized carbons (Fsp3) is 0.375. The van der Waals surface area contributed by atoms with Gasteiger partial charge in [0.1, 0.15) is 5.75 Å². The Kier molecular flexibility index (Phi) is 2.09. The number of hydrogen-bond donors (Lipinski definition) is 1. The predicted molar refractivity (Wildman–Crippen MR) is 72.8 cm³/mol. The summed E-state index contributed by atoms with van der Waals surface area (Å²) in [5.74, 6) is -0.454. The molecule has 1 aliphatic heterocycles. The zero-order chi connectivity index (χ0) is 13.1. The first-order chi connectivity index (χ1) is 8.31. The Hall–Kier alpha value is -1.54. The molecule has 2 heteroatoms. The van der Waals surface area contributed by atoms with Crippen molar-refractivity contribution in [1.29, 1.82) is 0 Å². The molecule has 0 bridgehead atoms. The second-order valence-corrected chi connectivity index (χ2v) is 6.18. The van der Waals surface area contributed by atoms with Gasteiger partial charge in [-0.25, -0.2) is 0 Å². The van der Waals surface area contributed by atoms with Crippen LogP contribution in [0, 0.1) is 0 Å². The summed E-state index contributed by atoms with van der Waals surface area (Å²) in [7, 11) is 0. The van der Waals surface area contributed by atoms with Crippen LogP contribution in [0.1, 0.15) is 38.8 Å². The first-order valence-electron chi connectivity index (χ1n) is 6.29. The third kappa shape index (κ3) is 1.45. The lowest BCUT2D eigenvalue weighted by Crippen LogP contribution is -2.29. The average molecular weight is 242 g/mol. The van der Waals surface area contributed by atoms with Gasteiger partial charge in [0.25, 0.3) is 0 Å². The highest BCUT2D eigenvalue weighted by atomic mass is 16.6. The molecule has 1 atom stereocenters. The smallest absolute Gasteiger partial charge is 0.233 e. The highest BCUT2D eigenvalue weighted by Gasteiger charge is 2.39. The van der Waals surface area contributed by atoms with Crippen LogP contribution >= 0.6 is 0 Å². The van der Waals surface area contributed by atoms with Crippen molar-refractivity contribution >= 4 is 10.8 Å². The zero-order valence-electron chi connectivity index (χ0n) is 11.2. The van der Waals surface area contributed by atoms with Crippen LogP contribution in [-0.2, 0) is 11.2 Å². The highest BCUT2D eigenvalue weighted by molar-refractivity contribution is 5.94. The van der Waals surface area contributed by atoms with Gasteiger partial charge in [0.15, 0.2) is 0 Å². The van der Waals surface area contributed by atoms with Crippen LogP contribution in [0.3, 0.4) is 0 Å². The zero-order valence-corrected chi connectivity index (χ0v) is 11.2. The summed E-state index contributed by atoms with van der Waals surface area (Å²) < 4.78 is 5.70. The van der Waals surface area contributed by atoms with E-state index in [4.69, 9.17) is 4.74 Å². The molecule has 0 aliphatic carbocycles. The third-order valence-corrected chi connectivity index (χ3v) is 3.59. The molecule has 0 spiro atoms. The monoisotopic (exact) mass is 242 g/mol. The van der Waals surface area contributed by atoms with Crippen LogP contribution in [0.25, 0.3) is 10.8 Å². The van der Waals surface area contributed by atoms with Crippen molar-refractivity contribution in [3.63, 3.8) is 0 Å². The molecule has 1 aliphatic rings. The minimum atomic E-state index is -1.23. The molecule has 0 radical (unpaired) electrons. The molecule has 2 aromatic rings. The minimum Gasteiger partial charge on any atom is -0.458 e. The Morgan fingerprint density at radius 3 is 2.50 bits per heavy atom. The predicted octanol–water partition coefficient (Wildman–Crippen LogP) is 3.69. The molecule has 0 saturated carbocycles. The van der Waals surface area contributed by atoms with E-state index in [1.165, 1.54) is 0 Å². The van der Waals surface area contributed by atoms with Gasteiger partial charge in [-0.15, -0.1) is 0 Å². The van der Waals surface area contributed by atoms with Crippen molar-refractivity contribution in [3.8, 4) is 5.75 Å². The van der Waals surface area contributed by atoms with Crippen molar-refractivity contribution in [1.82, 2.24) is 0 Å². The van der Waals surface area contributed by atoms with Gasteiger partial charge in [-0.05, 0) is 22.4 Å². The van der Waals surface area contributed by atoms with Gasteiger partial charge >= 0.3 is 0 Å². The van der Waals surface area contributed by atoms with E-state index in [0.29, 0.717) is 0 Å². The molecule has 0 aromatic heterocycles. The first kappa shape index (κ1) is 11.5. The molecule has 3 rings (SSSR count). The van der Waals surface area contributed by atoms with Gasteiger partial charge in [-0.1, -0.05) is 45.0 Å². The van der Waals surface area contributed by atoms with E-state index in [9.17, 15) is 5.11 Å². The summed E-state index contributed by atoms with van der Waals surface area (Å²) in [5.41, 5.74) is 2.04. The second kappa shape index (κ2) is 3.27. The average Bonchev–Trinajstić information content (AvgIpc) is 2.51. The van der Waals surface area contributed by atoms with E-state index in [2.05, 4.69) is 39.0 Å². The van der Waals surface area contributed by atoms with Gasteiger partial charge in [0.05, 0.1) is 0 Å². The van der Waals surface area contributed by atoms with Crippen molar-refractivity contribution in [3.05, 3.63) is 41.5 Å². The summed E-state index contributed by atoms with van der Waals surface area (Å²) in [6, 6.07) is 10.1. The first-order valence-corrected chi connectivity index (χ1v) is 6.29. The van der Waals surface area contributed by atoms with Gasteiger partial charge in [-0.3, -0.25) is 0 Å². The Labute approximate surface area is 107 Å². The summed E-state index contributed by atoms with van der Waals surface area (Å²) >= 11 is 0. The van der Waals surface area contributed by atoms with Crippen molar-refractivity contribution < 1.29 is 9.84 Å². The summed E-state index contributed by atoms with van der Waals surface area (Å²) in [4.78, 5) is 0. The van der Waals surface area contributed by atoms with Crippen LogP contribution in [0.4, 0.5) is 0 Å². The Bertz CT molecular complexity index is 633. The maximum absolute atomic E-state index is 10.6. The lowest BCUT2D eigenvalue weighted by molar-refractivity contribution is -0.120. The lowest BCUT2D eigenvalue weighted by Gasteiger charge is -2.27. The van der Waals surface area contributed by atoms with E-state index in [-0.39, 0.29) is 5.41 Å². The molecule has 1 N–H and O–H groups in total. The van der Waals surface area contributed by atoms with Crippen molar-refractivity contribution in [2.24, 2.45) is 0 Å². The number of aliphatic hydroxyl groups is 1. The van der Waals surface area contributed by atoms with Crippen LogP contribution in [0.15, 0.2) is 30.3 Å². The Balaban J connectivity index is 2.46. The summed E-state index contributed by atoms with van der Waals surface area (Å²) in [6.07, 6.45) is 0. The Morgan fingerprint density at radius 2 is 1.83 bits per heavy atom. The highest BCUT2D eigenvalue weighted by Crippen LogP contribution is 2.47. The van der Waals surface area contributed by atoms with Gasteiger partial charge in [0.2, 0.25) is 5.79 Å². The molecular formula is C16H18O2. The largest absolute Gasteiger partial charge is 0.458 e. The van der Waals surface area contributed by atoms with Crippen LogP contribution < -0.4 is 4.74 Å². The van der Waals surface area contributed by atoms with E-state index >= 15 is 0 Å². The van der Waals surface area contributed by atoms with E-state index < -0.39 is 5.79 Å².